The van der Waals surface area contributed by atoms with E-state index in [2.05, 4.69) is 29.5 Å². The molecular formula is C23H34N4O2. The minimum atomic E-state index is -0.472. The third-order valence-electron chi connectivity index (χ3n) is 7.76. The van der Waals surface area contributed by atoms with Gasteiger partial charge in [-0.3, -0.25) is 4.79 Å². The normalized spacial score (nSPS) is 36.0. The number of hydrogen-bond acceptors (Lipinski definition) is 5. The van der Waals surface area contributed by atoms with Crippen molar-refractivity contribution in [3.63, 3.8) is 0 Å². The molecular weight excluding hydrogens is 364 g/mol. The molecule has 4 bridgehead atoms. The second-order valence-corrected chi connectivity index (χ2v) is 10.5. The Kier molecular flexibility index (Phi) is 4.80. The molecule has 0 aromatic carbocycles. The molecule has 6 heteroatoms. The number of hydrogen-bond donors (Lipinski definition) is 3. The number of nitrogens with zero attached hydrogens (tertiary/aromatic N) is 2. The lowest BCUT2D eigenvalue weighted by Gasteiger charge is -2.58. The molecule has 29 heavy (non-hydrogen) atoms. The quantitative estimate of drug-likeness (QED) is 0.705. The third-order valence-corrected chi connectivity index (χ3v) is 7.76. The van der Waals surface area contributed by atoms with Crippen molar-refractivity contribution in [2.45, 2.75) is 95.2 Å². The van der Waals surface area contributed by atoms with E-state index in [0.717, 1.165) is 50.6 Å². The molecule has 6 rings (SSSR count). The highest BCUT2D eigenvalue weighted by molar-refractivity contribution is 5.95. The zero-order chi connectivity index (χ0) is 20.2. The average Bonchev–Trinajstić information content (AvgIpc) is 3.17. The summed E-state index contributed by atoms with van der Waals surface area (Å²) in [5, 5.41) is 17.5. The lowest BCUT2D eigenvalue weighted by atomic mass is 9.52. The maximum absolute atomic E-state index is 13.4. The summed E-state index contributed by atoms with van der Waals surface area (Å²) < 4.78 is 0. The number of carbonyl (C=O) groups excluding carboxylic acids is 1. The Hall–Kier alpha value is -1.69. The second kappa shape index (κ2) is 7.22. The largest absolute Gasteiger partial charge is 0.390 e. The van der Waals surface area contributed by atoms with Crippen LogP contribution in [-0.4, -0.2) is 38.7 Å². The smallest absolute Gasteiger partial charge is 0.254 e. The van der Waals surface area contributed by atoms with Crippen LogP contribution in [0.1, 0.15) is 93.6 Å². The van der Waals surface area contributed by atoms with E-state index in [0.29, 0.717) is 35.2 Å². The van der Waals surface area contributed by atoms with Gasteiger partial charge < -0.3 is 15.7 Å². The molecule has 0 radical (unpaired) electrons. The fourth-order valence-electron chi connectivity index (χ4n) is 6.85. The maximum Gasteiger partial charge on any atom is 0.254 e. The molecule has 158 valence electrons. The van der Waals surface area contributed by atoms with E-state index < -0.39 is 5.60 Å². The summed E-state index contributed by atoms with van der Waals surface area (Å²) in [6.07, 6.45) is 11.3. The van der Waals surface area contributed by atoms with Crippen molar-refractivity contribution < 1.29 is 9.90 Å². The molecule has 2 atom stereocenters. The van der Waals surface area contributed by atoms with Gasteiger partial charge in [0.2, 0.25) is 5.95 Å². The number of aliphatic hydroxyl groups is 1. The lowest BCUT2D eigenvalue weighted by molar-refractivity contribution is -0.136. The molecule has 0 saturated heterocycles. The van der Waals surface area contributed by atoms with Gasteiger partial charge in [-0.15, -0.1) is 0 Å². The van der Waals surface area contributed by atoms with Gasteiger partial charge in [-0.2, -0.15) is 0 Å². The zero-order valence-corrected chi connectivity index (χ0v) is 17.7. The summed E-state index contributed by atoms with van der Waals surface area (Å²) in [6.45, 7) is 4.14. The van der Waals surface area contributed by atoms with Crippen LogP contribution in [0.15, 0.2) is 6.20 Å². The van der Waals surface area contributed by atoms with Crippen LogP contribution in [0.2, 0.25) is 0 Å². The predicted octanol–water partition coefficient (Wildman–Crippen LogP) is 3.62. The van der Waals surface area contributed by atoms with Gasteiger partial charge in [-0.25, -0.2) is 9.97 Å². The standard InChI is InChI=1S/C23H34N4O2/c1-13(2)25-22-24-12-18(20(27-22)15-5-3-4-6-15)21(28)26-19-16-7-14-8-17(19)11-23(29,9-14)10-16/h12-17,19,29H,3-11H2,1-2H3,(H,26,28)(H,24,25,27). The molecule has 3 N–H and O–H groups in total. The first-order chi connectivity index (χ1) is 13.9. The van der Waals surface area contributed by atoms with E-state index in [1.165, 1.54) is 12.8 Å². The maximum atomic E-state index is 13.4. The first kappa shape index (κ1) is 19.3. The van der Waals surface area contributed by atoms with Crippen LogP contribution in [0.4, 0.5) is 5.95 Å². The monoisotopic (exact) mass is 398 g/mol. The van der Waals surface area contributed by atoms with Gasteiger partial charge >= 0.3 is 0 Å². The summed E-state index contributed by atoms with van der Waals surface area (Å²) in [4.78, 5) is 22.6. The molecule has 0 aliphatic heterocycles. The van der Waals surface area contributed by atoms with Gasteiger partial charge in [-0.1, -0.05) is 12.8 Å². The van der Waals surface area contributed by atoms with Crippen molar-refractivity contribution >= 4 is 11.9 Å². The first-order valence-corrected chi connectivity index (χ1v) is 11.6. The summed E-state index contributed by atoms with van der Waals surface area (Å²) in [6, 6.07) is 0.439. The fraction of sp³-hybridized carbons (Fsp3) is 0.783. The van der Waals surface area contributed by atoms with Gasteiger partial charge in [0.15, 0.2) is 0 Å². The van der Waals surface area contributed by atoms with Crippen LogP contribution in [0.3, 0.4) is 0 Å². The Bertz CT molecular complexity index is 773. The summed E-state index contributed by atoms with van der Waals surface area (Å²) >= 11 is 0. The van der Waals surface area contributed by atoms with E-state index in [9.17, 15) is 9.90 Å². The first-order valence-electron chi connectivity index (χ1n) is 11.6. The third kappa shape index (κ3) is 3.65. The average molecular weight is 399 g/mol. The van der Waals surface area contributed by atoms with Crippen LogP contribution in [0.25, 0.3) is 0 Å². The van der Waals surface area contributed by atoms with Crippen LogP contribution >= 0.6 is 0 Å². The van der Waals surface area contributed by atoms with Gasteiger partial charge in [-0.05, 0) is 76.5 Å². The van der Waals surface area contributed by atoms with Crippen molar-refractivity contribution in [3.05, 3.63) is 17.5 Å². The van der Waals surface area contributed by atoms with Crippen LogP contribution in [-0.2, 0) is 0 Å². The zero-order valence-electron chi connectivity index (χ0n) is 17.7. The summed E-state index contributed by atoms with van der Waals surface area (Å²) in [7, 11) is 0. The molecule has 5 saturated carbocycles. The molecule has 0 spiro atoms. The fourth-order valence-corrected chi connectivity index (χ4v) is 6.85. The van der Waals surface area contributed by atoms with E-state index in [1.807, 2.05) is 0 Å². The Morgan fingerprint density at radius 3 is 2.48 bits per heavy atom. The van der Waals surface area contributed by atoms with Crippen molar-refractivity contribution in [1.29, 1.82) is 0 Å². The summed E-state index contributed by atoms with van der Waals surface area (Å²) in [5.41, 5.74) is 1.10. The highest BCUT2D eigenvalue weighted by atomic mass is 16.3. The van der Waals surface area contributed by atoms with Gasteiger partial charge in [0, 0.05) is 24.2 Å². The molecule has 6 nitrogen and oxygen atoms in total. The Morgan fingerprint density at radius 2 is 1.86 bits per heavy atom. The van der Waals surface area contributed by atoms with Gasteiger partial charge in [0.1, 0.15) is 0 Å². The van der Waals surface area contributed by atoms with E-state index in [1.54, 1.807) is 6.20 Å². The van der Waals surface area contributed by atoms with Crippen LogP contribution in [0.5, 0.6) is 0 Å². The van der Waals surface area contributed by atoms with Crippen molar-refractivity contribution in [2.24, 2.45) is 17.8 Å². The molecule has 5 aliphatic carbocycles. The number of amides is 1. The molecule has 5 aliphatic rings. The molecule has 5 fully saturated rings. The molecule has 1 aromatic heterocycles. The minimum absolute atomic E-state index is 0.0209. The number of aromatic nitrogens is 2. The molecule has 1 aromatic rings. The van der Waals surface area contributed by atoms with Crippen molar-refractivity contribution in [3.8, 4) is 0 Å². The Balaban J connectivity index is 1.38. The minimum Gasteiger partial charge on any atom is -0.390 e. The predicted molar refractivity (Wildman–Crippen MR) is 112 cm³/mol. The Morgan fingerprint density at radius 1 is 1.17 bits per heavy atom. The topological polar surface area (TPSA) is 87.1 Å². The Labute approximate surface area is 173 Å². The molecule has 1 amide bonds. The van der Waals surface area contributed by atoms with Crippen LogP contribution in [0, 0.1) is 17.8 Å². The van der Waals surface area contributed by atoms with Gasteiger partial charge in [0.05, 0.1) is 16.9 Å². The highest BCUT2D eigenvalue weighted by Crippen LogP contribution is 2.55. The second-order valence-electron chi connectivity index (χ2n) is 10.5. The number of carbonyl (C=O) groups is 1. The van der Waals surface area contributed by atoms with Crippen molar-refractivity contribution in [2.75, 3.05) is 5.32 Å². The van der Waals surface area contributed by atoms with E-state index in [-0.39, 0.29) is 18.0 Å². The molecule has 2 unspecified atom stereocenters. The van der Waals surface area contributed by atoms with Crippen LogP contribution < -0.4 is 10.6 Å². The lowest BCUT2D eigenvalue weighted by Crippen LogP contribution is -2.61. The number of nitrogens with one attached hydrogen (secondary N) is 2. The number of rotatable bonds is 5. The number of anilines is 1. The van der Waals surface area contributed by atoms with E-state index >= 15 is 0 Å². The van der Waals surface area contributed by atoms with Crippen molar-refractivity contribution in [1.82, 2.24) is 15.3 Å². The van der Waals surface area contributed by atoms with Gasteiger partial charge in [0.25, 0.3) is 5.91 Å². The highest BCUT2D eigenvalue weighted by Gasteiger charge is 2.55. The van der Waals surface area contributed by atoms with E-state index in [4.69, 9.17) is 4.98 Å². The molecule has 1 heterocycles. The summed E-state index contributed by atoms with van der Waals surface area (Å²) in [5.74, 6) is 2.42. The SMILES string of the molecule is CC(C)Nc1ncc(C(=O)NC2C3CC4CC2CC(O)(C4)C3)c(C2CCCC2)n1.